The van der Waals surface area contributed by atoms with Crippen molar-refractivity contribution in [3.05, 3.63) is 89.9 Å². The number of hydrogen-bond donors (Lipinski definition) is 2. The third-order valence-corrected chi connectivity index (χ3v) is 3.87. The van der Waals surface area contributed by atoms with Gasteiger partial charge in [-0.15, -0.1) is 0 Å². The second-order valence-corrected chi connectivity index (χ2v) is 5.95. The van der Waals surface area contributed by atoms with Crippen LogP contribution in [0.25, 0.3) is 0 Å². The van der Waals surface area contributed by atoms with Crippen molar-refractivity contribution in [3.63, 3.8) is 0 Å². The summed E-state index contributed by atoms with van der Waals surface area (Å²) in [5.41, 5.74) is 2.79. The van der Waals surface area contributed by atoms with E-state index in [2.05, 4.69) is 27.8 Å². The highest BCUT2D eigenvalue weighted by atomic mass is 19.1. The van der Waals surface area contributed by atoms with Crippen molar-refractivity contribution in [3.8, 4) is 0 Å². The molecule has 4 nitrogen and oxygen atoms in total. The minimum absolute atomic E-state index is 0.108. The van der Waals surface area contributed by atoms with E-state index in [1.165, 1.54) is 17.7 Å². The number of nitrogens with one attached hydrogen (secondary N) is 2. The fraction of sp³-hybridized carbons (Fsp3) is 0.143. The second kappa shape index (κ2) is 8.76. The first-order valence-corrected chi connectivity index (χ1v) is 8.47. The van der Waals surface area contributed by atoms with E-state index in [9.17, 15) is 9.18 Å². The fourth-order valence-electron chi connectivity index (χ4n) is 2.59. The van der Waals surface area contributed by atoms with Gasteiger partial charge in [0, 0.05) is 6.54 Å². The zero-order chi connectivity index (χ0) is 18.2. The third-order valence-electron chi connectivity index (χ3n) is 3.87. The molecule has 2 N–H and O–H groups in total. The lowest BCUT2D eigenvalue weighted by molar-refractivity contribution is -0.115. The summed E-state index contributed by atoms with van der Waals surface area (Å²) in [6.07, 6.45) is 2.71. The van der Waals surface area contributed by atoms with Crippen LogP contribution in [0.15, 0.2) is 72.9 Å². The second-order valence-electron chi connectivity index (χ2n) is 5.95. The molecule has 3 rings (SSSR count). The molecule has 2 aromatic carbocycles. The molecule has 0 unspecified atom stereocenters. The lowest BCUT2D eigenvalue weighted by Gasteiger charge is -2.08. The number of halogens is 1. The van der Waals surface area contributed by atoms with Gasteiger partial charge in [-0.1, -0.05) is 42.5 Å². The van der Waals surface area contributed by atoms with Gasteiger partial charge in [-0.05, 0) is 41.8 Å². The summed E-state index contributed by atoms with van der Waals surface area (Å²) in [4.78, 5) is 16.3. The molecule has 3 aromatic rings. The first kappa shape index (κ1) is 17.6. The Balaban J connectivity index is 1.47. The van der Waals surface area contributed by atoms with Crippen molar-refractivity contribution in [2.75, 3.05) is 17.2 Å². The molecule has 0 aliphatic heterocycles. The fourth-order valence-corrected chi connectivity index (χ4v) is 2.59. The Morgan fingerprint density at radius 1 is 0.962 bits per heavy atom. The van der Waals surface area contributed by atoms with E-state index in [1.54, 1.807) is 24.4 Å². The number of carbonyl (C=O) groups excluding carboxylic acids is 1. The van der Waals surface area contributed by atoms with Crippen molar-refractivity contribution in [1.29, 1.82) is 0 Å². The summed E-state index contributed by atoms with van der Waals surface area (Å²) in [5.74, 6) is -0.104. The van der Waals surface area contributed by atoms with Gasteiger partial charge in [0.1, 0.15) is 11.6 Å². The molecule has 0 aliphatic rings. The lowest BCUT2D eigenvalue weighted by Crippen LogP contribution is -2.15. The highest BCUT2D eigenvalue weighted by Gasteiger charge is 2.06. The van der Waals surface area contributed by atoms with E-state index in [1.807, 2.05) is 24.3 Å². The third kappa shape index (κ3) is 5.41. The molecule has 0 spiro atoms. The molecule has 0 radical (unpaired) electrons. The molecule has 5 heteroatoms. The number of aromatic nitrogens is 1. The van der Waals surface area contributed by atoms with Gasteiger partial charge in [0.25, 0.3) is 0 Å². The largest absolute Gasteiger partial charge is 0.383 e. The van der Waals surface area contributed by atoms with E-state index in [0.29, 0.717) is 11.4 Å². The minimum atomic E-state index is -0.348. The zero-order valence-electron chi connectivity index (χ0n) is 14.3. The van der Waals surface area contributed by atoms with Crippen molar-refractivity contribution >= 4 is 17.4 Å². The standard InChI is InChI=1S/C21H20FN3O/c22-18-8-4-7-17(13-18)14-21(26)25-20-10-9-19(15-24-20)23-12-11-16-5-2-1-3-6-16/h1-10,13,15,23H,11-12,14H2,(H,24,25,26). The number of amides is 1. The number of carbonyl (C=O) groups is 1. The van der Waals surface area contributed by atoms with Crippen LogP contribution in [0.3, 0.4) is 0 Å². The Morgan fingerprint density at radius 3 is 2.50 bits per heavy atom. The monoisotopic (exact) mass is 349 g/mol. The van der Waals surface area contributed by atoms with Crippen LogP contribution in [0.5, 0.6) is 0 Å². The summed E-state index contributed by atoms with van der Waals surface area (Å²) < 4.78 is 13.1. The van der Waals surface area contributed by atoms with Crippen LogP contribution in [0, 0.1) is 5.82 Å². The molecule has 0 fully saturated rings. The normalized spacial score (nSPS) is 10.3. The molecular formula is C21H20FN3O. The Kier molecular flexibility index (Phi) is 5.93. The molecule has 0 aliphatic carbocycles. The van der Waals surface area contributed by atoms with Crippen LogP contribution in [-0.4, -0.2) is 17.4 Å². The molecule has 1 amide bonds. The summed E-state index contributed by atoms with van der Waals surface area (Å²) in [7, 11) is 0. The average Bonchev–Trinajstić information content (AvgIpc) is 2.64. The van der Waals surface area contributed by atoms with Crippen LogP contribution in [0.1, 0.15) is 11.1 Å². The van der Waals surface area contributed by atoms with Gasteiger partial charge in [-0.3, -0.25) is 4.79 Å². The van der Waals surface area contributed by atoms with Crippen molar-refractivity contribution < 1.29 is 9.18 Å². The van der Waals surface area contributed by atoms with E-state index in [0.717, 1.165) is 18.7 Å². The van der Waals surface area contributed by atoms with Crippen molar-refractivity contribution in [2.24, 2.45) is 0 Å². The molecule has 26 heavy (non-hydrogen) atoms. The van der Waals surface area contributed by atoms with E-state index < -0.39 is 0 Å². The zero-order valence-corrected chi connectivity index (χ0v) is 14.3. The average molecular weight is 349 g/mol. The molecule has 132 valence electrons. The predicted octanol–water partition coefficient (Wildman–Crippen LogP) is 4.06. The van der Waals surface area contributed by atoms with Crippen LogP contribution in [0.2, 0.25) is 0 Å². The van der Waals surface area contributed by atoms with Gasteiger partial charge in [0.05, 0.1) is 18.3 Å². The smallest absolute Gasteiger partial charge is 0.229 e. The first-order chi connectivity index (χ1) is 12.7. The van der Waals surface area contributed by atoms with Gasteiger partial charge in [-0.25, -0.2) is 9.37 Å². The maximum absolute atomic E-state index is 13.1. The summed E-state index contributed by atoms with van der Waals surface area (Å²) in [6.45, 7) is 0.803. The van der Waals surface area contributed by atoms with Gasteiger partial charge in [0.15, 0.2) is 0 Å². The number of pyridine rings is 1. The van der Waals surface area contributed by atoms with Crippen LogP contribution in [0.4, 0.5) is 15.9 Å². The Labute approximate surface area is 152 Å². The van der Waals surface area contributed by atoms with Gasteiger partial charge >= 0.3 is 0 Å². The summed E-state index contributed by atoms with van der Waals surface area (Å²) in [5, 5.41) is 6.02. The van der Waals surface area contributed by atoms with Crippen molar-refractivity contribution in [2.45, 2.75) is 12.8 Å². The quantitative estimate of drug-likeness (QED) is 0.676. The molecular weight excluding hydrogens is 329 g/mol. The Bertz CT molecular complexity index is 851. The Morgan fingerprint density at radius 2 is 1.77 bits per heavy atom. The molecule has 0 bridgehead atoms. The van der Waals surface area contributed by atoms with Crippen LogP contribution in [-0.2, 0) is 17.6 Å². The number of anilines is 2. The number of rotatable bonds is 7. The van der Waals surface area contributed by atoms with E-state index in [-0.39, 0.29) is 18.1 Å². The molecule has 0 saturated carbocycles. The molecule has 0 saturated heterocycles. The maximum Gasteiger partial charge on any atom is 0.229 e. The van der Waals surface area contributed by atoms with Crippen LogP contribution < -0.4 is 10.6 Å². The first-order valence-electron chi connectivity index (χ1n) is 8.47. The number of hydrogen-bond acceptors (Lipinski definition) is 3. The van der Waals surface area contributed by atoms with Gasteiger partial charge in [-0.2, -0.15) is 0 Å². The van der Waals surface area contributed by atoms with Crippen LogP contribution >= 0.6 is 0 Å². The predicted molar refractivity (Wildman–Crippen MR) is 102 cm³/mol. The molecule has 1 aromatic heterocycles. The maximum atomic E-state index is 13.1. The molecule has 1 heterocycles. The summed E-state index contributed by atoms with van der Waals surface area (Å²) in [6, 6.07) is 19.9. The van der Waals surface area contributed by atoms with Crippen molar-refractivity contribution in [1.82, 2.24) is 4.98 Å². The Hall–Kier alpha value is -3.21. The lowest BCUT2D eigenvalue weighted by atomic mass is 10.1. The SMILES string of the molecule is O=C(Cc1cccc(F)c1)Nc1ccc(NCCc2ccccc2)cn1. The topological polar surface area (TPSA) is 54.0 Å². The van der Waals surface area contributed by atoms with Gasteiger partial charge in [0.2, 0.25) is 5.91 Å². The minimum Gasteiger partial charge on any atom is -0.383 e. The highest BCUT2D eigenvalue weighted by molar-refractivity contribution is 5.91. The van der Waals surface area contributed by atoms with E-state index in [4.69, 9.17) is 0 Å². The molecule has 0 atom stereocenters. The number of benzene rings is 2. The summed E-state index contributed by atoms with van der Waals surface area (Å²) >= 11 is 0. The number of nitrogens with zero attached hydrogens (tertiary/aromatic N) is 1. The van der Waals surface area contributed by atoms with E-state index >= 15 is 0 Å². The van der Waals surface area contributed by atoms with Gasteiger partial charge < -0.3 is 10.6 Å². The highest BCUT2D eigenvalue weighted by Crippen LogP contribution is 2.11.